The van der Waals surface area contributed by atoms with Crippen molar-refractivity contribution in [2.45, 2.75) is 5.92 Å². The molecule has 1 aromatic heterocycles. The normalized spacial score (nSPS) is 18.0. The number of nitrogens with zero attached hydrogens (tertiary/aromatic N) is 2. The number of hydrogen-bond donors (Lipinski definition) is 1. The molecule has 1 aliphatic heterocycles. The van der Waals surface area contributed by atoms with E-state index in [1.54, 1.807) is 24.3 Å². The fraction of sp³-hybridized carbons (Fsp3) is 0.143. The Balaban J connectivity index is 1.95. The molecule has 1 N–H and O–H groups in total. The van der Waals surface area contributed by atoms with Gasteiger partial charge in [-0.1, -0.05) is 18.2 Å². The summed E-state index contributed by atoms with van der Waals surface area (Å²) >= 11 is 0. The molecule has 1 aliphatic rings. The van der Waals surface area contributed by atoms with Crippen LogP contribution in [0.5, 0.6) is 0 Å². The number of pyridine rings is 1. The van der Waals surface area contributed by atoms with Crippen LogP contribution < -0.4 is 5.43 Å². The number of nitrogens with one attached hydrogen (secondary N) is 1. The highest BCUT2D eigenvalue weighted by Crippen LogP contribution is 2.23. The van der Waals surface area contributed by atoms with Crippen LogP contribution in [0.25, 0.3) is 0 Å². The summed E-state index contributed by atoms with van der Waals surface area (Å²) < 4.78 is 26.1. The third-order valence-electron chi connectivity index (χ3n) is 3.06. The van der Waals surface area contributed by atoms with Crippen LogP contribution >= 0.6 is 0 Å². The lowest BCUT2D eigenvalue weighted by molar-refractivity contribution is 0.573. The summed E-state index contributed by atoms with van der Waals surface area (Å²) in [4.78, 5) is 3.89. The molecule has 0 amide bonds. The first-order valence-electron chi connectivity index (χ1n) is 5.93. The van der Waals surface area contributed by atoms with Gasteiger partial charge in [0.05, 0.1) is 17.3 Å². The predicted octanol–water partition coefficient (Wildman–Crippen LogP) is 2.45. The van der Waals surface area contributed by atoms with Crippen molar-refractivity contribution in [3.8, 4) is 0 Å². The Kier molecular flexibility index (Phi) is 2.95. The highest BCUT2D eigenvalue weighted by Gasteiger charge is 2.25. The van der Waals surface area contributed by atoms with E-state index in [1.807, 2.05) is 0 Å². The molecule has 0 fully saturated rings. The smallest absolute Gasteiger partial charge is 0.213 e. The van der Waals surface area contributed by atoms with Gasteiger partial charge in [-0.3, -0.25) is 0 Å². The Morgan fingerprint density at radius 1 is 1.05 bits per heavy atom. The Morgan fingerprint density at radius 3 is 2.58 bits per heavy atom. The molecule has 1 aromatic carbocycles. The first-order chi connectivity index (χ1) is 9.24. The second-order valence-corrected chi connectivity index (χ2v) is 4.30. The van der Waals surface area contributed by atoms with Gasteiger partial charge in [0.15, 0.2) is 0 Å². The van der Waals surface area contributed by atoms with Crippen LogP contribution in [0.4, 0.5) is 8.78 Å². The number of rotatable bonds is 2. The number of aromatic nitrogens is 1. The van der Waals surface area contributed by atoms with Crippen molar-refractivity contribution in [2.24, 2.45) is 5.10 Å². The van der Waals surface area contributed by atoms with Crippen molar-refractivity contribution in [1.29, 1.82) is 0 Å². The Bertz CT molecular complexity index is 623. The third kappa shape index (κ3) is 2.31. The average molecular weight is 259 g/mol. The van der Waals surface area contributed by atoms with E-state index < -0.39 is 5.95 Å². The van der Waals surface area contributed by atoms with E-state index in [0.717, 1.165) is 11.3 Å². The van der Waals surface area contributed by atoms with Crippen LogP contribution in [-0.4, -0.2) is 17.2 Å². The second kappa shape index (κ2) is 4.76. The van der Waals surface area contributed by atoms with E-state index in [2.05, 4.69) is 15.5 Å². The Morgan fingerprint density at radius 2 is 1.84 bits per heavy atom. The van der Waals surface area contributed by atoms with E-state index in [0.29, 0.717) is 12.2 Å². The molecule has 1 unspecified atom stereocenters. The topological polar surface area (TPSA) is 37.3 Å². The van der Waals surface area contributed by atoms with Crippen molar-refractivity contribution < 1.29 is 8.78 Å². The first-order valence-corrected chi connectivity index (χ1v) is 5.93. The van der Waals surface area contributed by atoms with Crippen LogP contribution in [0.1, 0.15) is 17.2 Å². The monoisotopic (exact) mass is 259 g/mol. The van der Waals surface area contributed by atoms with E-state index in [4.69, 9.17) is 0 Å². The van der Waals surface area contributed by atoms with E-state index in [1.165, 1.54) is 18.2 Å². The van der Waals surface area contributed by atoms with E-state index in [9.17, 15) is 8.78 Å². The van der Waals surface area contributed by atoms with Crippen molar-refractivity contribution in [2.75, 3.05) is 6.54 Å². The van der Waals surface area contributed by atoms with Crippen molar-refractivity contribution in [3.63, 3.8) is 0 Å². The van der Waals surface area contributed by atoms with Crippen molar-refractivity contribution in [1.82, 2.24) is 10.4 Å². The van der Waals surface area contributed by atoms with Gasteiger partial charge in [0, 0.05) is 6.54 Å². The number of hydrazone groups is 1. The molecule has 0 saturated carbocycles. The van der Waals surface area contributed by atoms with Crippen LogP contribution in [0.15, 0.2) is 47.6 Å². The standard InChI is InChI=1S/C14H11F2N3/c15-10-6-4-9(5-7-10)14-11(8-17-19-14)12-2-1-3-13(16)18-12/h1-7,11,17H,8H2. The maximum Gasteiger partial charge on any atom is 0.213 e. The van der Waals surface area contributed by atoms with Gasteiger partial charge in [-0.25, -0.2) is 9.37 Å². The quantitative estimate of drug-likeness (QED) is 0.841. The molecule has 19 heavy (non-hydrogen) atoms. The number of hydrogen-bond acceptors (Lipinski definition) is 3. The minimum atomic E-state index is -0.511. The summed E-state index contributed by atoms with van der Waals surface area (Å²) in [5.41, 5.74) is 5.06. The molecule has 0 spiro atoms. The molecule has 96 valence electrons. The van der Waals surface area contributed by atoms with Gasteiger partial charge < -0.3 is 5.43 Å². The maximum atomic E-state index is 13.2. The van der Waals surface area contributed by atoms with Crippen LogP contribution in [0, 0.1) is 11.8 Å². The average Bonchev–Trinajstić information content (AvgIpc) is 2.89. The van der Waals surface area contributed by atoms with Crippen LogP contribution in [0.3, 0.4) is 0 Å². The molecule has 3 nitrogen and oxygen atoms in total. The summed E-state index contributed by atoms with van der Waals surface area (Å²) in [6, 6.07) is 10.8. The summed E-state index contributed by atoms with van der Waals surface area (Å²) in [7, 11) is 0. The zero-order valence-corrected chi connectivity index (χ0v) is 9.98. The lowest BCUT2D eigenvalue weighted by Gasteiger charge is -2.11. The summed E-state index contributed by atoms with van der Waals surface area (Å²) in [6.07, 6.45) is 0. The highest BCUT2D eigenvalue weighted by molar-refractivity contribution is 6.05. The van der Waals surface area contributed by atoms with Gasteiger partial charge in [0.25, 0.3) is 0 Å². The minimum Gasteiger partial charge on any atom is -0.309 e. The number of halogens is 2. The largest absolute Gasteiger partial charge is 0.309 e. The molecule has 5 heteroatoms. The molecule has 2 aromatic rings. The Labute approximate surface area is 109 Å². The van der Waals surface area contributed by atoms with Crippen molar-refractivity contribution in [3.05, 3.63) is 65.5 Å². The molecule has 0 radical (unpaired) electrons. The first kappa shape index (κ1) is 11.8. The van der Waals surface area contributed by atoms with E-state index >= 15 is 0 Å². The zero-order chi connectivity index (χ0) is 13.2. The molecular formula is C14H11F2N3. The third-order valence-corrected chi connectivity index (χ3v) is 3.06. The van der Waals surface area contributed by atoms with Gasteiger partial charge in [-0.05, 0) is 29.8 Å². The number of benzene rings is 1. The maximum absolute atomic E-state index is 13.2. The van der Waals surface area contributed by atoms with Gasteiger partial charge >= 0.3 is 0 Å². The van der Waals surface area contributed by atoms with Gasteiger partial charge in [0.2, 0.25) is 5.95 Å². The van der Waals surface area contributed by atoms with E-state index in [-0.39, 0.29) is 11.7 Å². The Hall–Kier alpha value is -2.30. The fourth-order valence-electron chi connectivity index (χ4n) is 2.15. The van der Waals surface area contributed by atoms with Crippen molar-refractivity contribution >= 4 is 5.71 Å². The molecule has 2 heterocycles. The lowest BCUT2D eigenvalue weighted by atomic mass is 9.94. The SMILES string of the molecule is Fc1ccc(C2=NNCC2c2cccc(F)n2)cc1. The molecular weight excluding hydrogens is 248 g/mol. The molecule has 1 atom stereocenters. The van der Waals surface area contributed by atoms with Crippen LogP contribution in [-0.2, 0) is 0 Å². The zero-order valence-electron chi connectivity index (χ0n) is 9.98. The molecule has 0 saturated heterocycles. The summed E-state index contributed by atoms with van der Waals surface area (Å²) in [5, 5.41) is 4.20. The van der Waals surface area contributed by atoms with Gasteiger partial charge in [0.1, 0.15) is 5.82 Å². The summed E-state index contributed by atoms with van der Waals surface area (Å²) in [6.45, 7) is 0.559. The minimum absolute atomic E-state index is 0.124. The summed E-state index contributed by atoms with van der Waals surface area (Å²) in [5.74, 6) is -0.931. The molecule has 0 bridgehead atoms. The second-order valence-electron chi connectivity index (χ2n) is 4.30. The fourth-order valence-corrected chi connectivity index (χ4v) is 2.15. The lowest BCUT2D eigenvalue weighted by Crippen LogP contribution is -2.16. The van der Waals surface area contributed by atoms with Gasteiger partial charge in [-0.2, -0.15) is 9.49 Å². The van der Waals surface area contributed by atoms with Gasteiger partial charge in [-0.15, -0.1) is 0 Å². The molecule has 3 rings (SSSR count). The van der Waals surface area contributed by atoms with Crippen LogP contribution in [0.2, 0.25) is 0 Å². The molecule has 0 aliphatic carbocycles. The predicted molar refractivity (Wildman–Crippen MR) is 67.9 cm³/mol. The highest BCUT2D eigenvalue weighted by atomic mass is 19.1.